The minimum absolute atomic E-state index is 0.130. The van der Waals surface area contributed by atoms with Gasteiger partial charge >= 0.3 is 5.97 Å². The van der Waals surface area contributed by atoms with E-state index in [4.69, 9.17) is 4.74 Å². The molecule has 0 heterocycles. The lowest BCUT2D eigenvalue weighted by molar-refractivity contribution is -0.150. The van der Waals surface area contributed by atoms with Gasteiger partial charge < -0.3 is 4.74 Å². The van der Waals surface area contributed by atoms with Crippen molar-refractivity contribution in [2.24, 2.45) is 11.8 Å². The molecule has 2 atom stereocenters. The summed E-state index contributed by atoms with van der Waals surface area (Å²) < 4.78 is 6.26. The maximum absolute atomic E-state index is 13.6. The number of esters is 1. The molecular weight excluding hydrogens is 609 g/mol. The van der Waals surface area contributed by atoms with Crippen LogP contribution in [0.2, 0.25) is 0 Å². The smallest absolute Gasteiger partial charge is 0.308 e. The third-order valence-electron chi connectivity index (χ3n) is 11.5. The average molecular weight is 705 g/mol. The summed E-state index contributed by atoms with van der Waals surface area (Å²) in [6.07, 6.45) is 53.8. The van der Waals surface area contributed by atoms with Crippen LogP contribution in [0.4, 0.5) is 0 Å². The average Bonchev–Trinajstić information content (AvgIpc) is 3.12. The Morgan fingerprint density at radius 1 is 0.320 bits per heavy atom. The molecule has 0 N–H and O–H groups in total. The molecule has 0 fully saturated rings. The molecule has 0 amide bonds. The maximum atomic E-state index is 13.6. The molecule has 0 bridgehead atoms. The fourth-order valence-electron chi connectivity index (χ4n) is 7.90. The van der Waals surface area contributed by atoms with Gasteiger partial charge in [-0.1, -0.05) is 259 Å². The zero-order chi connectivity index (χ0) is 36.4. The number of hydrogen-bond donors (Lipinski definition) is 0. The quantitative estimate of drug-likeness (QED) is 0.0466. The summed E-state index contributed by atoms with van der Waals surface area (Å²) in [5, 5.41) is 0. The summed E-state index contributed by atoms with van der Waals surface area (Å²) in [6, 6.07) is 0. The highest BCUT2D eigenvalue weighted by molar-refractivity contribution is 5.72. The fourth-order valence-corrected chi connectivity index (χ4v) is 7.90. The molecule has 0 aliphatic rings. The summed E-state index contributed by atoms with van der Waals surface area (Å²) in [5.74, 6) is 0.840. The van der Waals surface area contributed by atoms with Crippen molar-refractivity contribution < 1.29 is 9.53 Å². The molecule has 0 aromatic rings. The van der Waals surface area contributed by atoms with Gasteiger partial charge in [0, 0.05) is 0 Å². The summed E-state index contributed by atoms with van der Waals surface area (Å²) in [7, 11) is 0. The Hall–Kier alpha value is -0.530. The number of carbonyl (C=O) groups is 1. The van der Waals surface area contributed by atoms with E-state index in [2.05, 4.69) is 27.7 Å². The molecule has 0 saturated heterocycles. The third-order valence-corrected chi connectivity index (χ3v) is 11.5. The number of hydrogen-bond acceptors (Lipinski definition) is 2. The molecule has 0 rings (SSSR count). The van der Waals surface area contributed by atoms with E-state index in [1.807, 2.05) is 0 Å². The van der Waals surface area contributed by atoms with E-state index in [0.29, 0.717) is 12.5 Å². The topological polar surface area (TPSA) is 26.3 Å². The molecule has 0 spiro atoms. The first-order valence-electron chi connectivity index (χ1n) is 23.9. The van der Waals surface area contributed by atoms with Crippen LogP contribution in [-0.4, -0.2) is 12.6 Å². The number of ether oxygens (including phenoxy) is 1. The predicted molar refractivity (Wildman–Crippen MR) is 225 cm³/mol. The zero-order valence-electron chi connectivity index (χ0n) is 35.5. The van der Waals surface area contributed by atoms with Crippen LogP contribution in [0.15, 0.2) is 0 Å². The minimum atomic E-state index is 0.130. The fraction of sp³-hybridized carbons (Fsp3) is 0.979. The monoisotopic (exact) mass is 705 g/mol. The Bertz CT molecular complexity index is 630. The van der Waals surface area contributed by atoms with Crippen LogP contribution in [0.1, 0.15) is 285 Å². The van der Waals surface area contributed by atoms with Crippen molar-refractivity contribution in [3.8, 4) is 0 Å². The Morgan fingerprint density at radius 3 is 0.800 bits per heavy atom. The maximum Gasteiger partial charge on any atom is 0.308 e. The van der Waals surface area contributed by atoms with Gasteiger partial charge in [0.25, 0.3) is 0 Å². The molecule has 0 aromatic heterocycles. The molecule has 50 heavy (non-hydrogen) atoms. The van der Waals surface area contributed by atoms with E-state index in [9.17, 15) is 4.79 Å². The van der Waals surface area contributed by atoms with Crippen molar-refractivity contribution in [3.05, 3.63) is 0 Å². The van der Waals surface area contributed by atoms with Crippen LogP contribution < -0.4 is 0 Å². The molecular formula is C48H96O2. The Balaban J connectivity index is 4.75. The molecule has 0 saturated carbocycles. The molecule has 0 aromatic carbocycles. The lowest BCUT2D eigenvalue weighted by Crippen LogP contribution is -2.22. The standard InChI is InChI=1S/C48H96O2/c1-5-9-13-17-21-25-27-30-34-38-42-46(41-37-33-29-23-19-15-11-7-3)45-50-48(49)47(43-39-35-31-24-20-16-12-8-4)44-40-36-32-28-26-22-18-14-10-6-2/h46-47H,5-45H2,1-4H3. The van der Waals surface area contributed by atoms with Crippen LogP contribution in [0.5, 0.6) is 0 Å². The predicted octanol–water partition coefficient (Wildman–Crippen LogP) is 17.4. The van der Waals surface area contributed by atoms with Gasteiger partial charge in [-0.3, -0.25) is 4.79 Å². The van der Waals surface area contributed by atoms with Crippen molar-refractivity contribution in [3.63, 3.8) is 0 Å². The van der Waals surface area contributed by atoms with Crippen LogP contribution in [-0.2, 0) is 9.53 Å². The number of rotatable bonds is 43. The van der Waals surface area contributed by atoms with Gasteiger partial charge in [0.2, 0.25) is 0 Å². The van der Waals surface area contributed by atoms with Gasteiger partial charge in [0.15, 0.2) is 0 Å². The first-order valence-corrected chi connectivity index (χ1v) is 23.9. The van der Waals surface area contributed by atoms with Crippen molar-refractivity contribution >= 4 is 5.97 Å². The van der Waals surface area contributed by atoms with Gasteiger partial charge in [0.1, 0.15) is 0 Å². The van der Waals surface area contributed by atoms with Crippen LogP contribution in [0.3, 0.4) is 0 Å². The van der Waals surface area contributed by atoms with E-state index in [-0.39, 0.29) is 11.9 Å². The Morgan fingerprint density at radius 2 is 0.540 bits per heavy atom. The molecule has 300 valence electrons. The minimum Gasteiger partial charge on any atom is -0.465 e. The summed E-state index contributed by atoms with van der Waals surface area (Å²) >= 11 is 0. The molecule has 2 heteroatoms. The van der Waals surface area contributed by atoms with Gasteiger partial charge in [-0.05, 0) is 31.6 Å². The molecule has 0 aliphatic carbocycles. The largest absolute Gasteiger partial charge is 0.465 e. The van der Waals surface area contributed by atoms with Crippen LogP contribution in [0, 0.1) is 11.8 Å². The van der Waals surface area contributed by atoms with E-state index in [1.54, 1.807) is 0 Å². The summed E-state index contributed by atoms with van der Waals surface area (Å²) in [4.78, 5) is 13.6. The van der Waals surface area contributed by atoms with Crippen molar-refractivity contribution in [2.45, 2.75) is 285 Å². The molecule has 2 unspecified atom stereocenters. The molecule has 0 aliphatic heterocycles. The van der Waals surface area contributed by atoms with Gasteiger partial charge in [-0.2, -0.15) is 0 Å². The third kappa shape index (κ3) is 37.2. The summed E-state index contributed by atoms with van der Waals surface area (Å²) in [5.41, 5.74) is 0. The SMILES string of the molecule is CCCCCCCCCCCCC(CCCCCCCCCC)COC(=O)C(CCCCCCCCCC)CCCCCCCCCCCC. The highest BCUT2D eigenvalue weighted by Gasteiger charge is 2.21. The molecule has 2 nitrogen and oxygen atoms in total. The van der Waals surface area contributed by atoms with Gasteiger partial charge in [-0.15, -0.1) is 0 Å². The number of carbonyl (C=O) groups excluding carboxylic acids is 1. The molecule has 0 radical (unpaired) electrons. The second-order valence-electron chi connectivity index (χ2n) is 16.7. The van der Waals surface area contributed by atoms with E-state index in [1.165, 1.54) is 244 Å². The Kier molecular flexibility index (Phi) is 42.4. The Labute approximate surface area is 317 Å². The van der Waals surface area contributed by atoms with E-state index >= 15 is 0 Å². The van der Waals surface area contributed by atoms with E-state index in [0.717, 1.165) is 12.8 Å². The van der Waals surface area contributed by atoms with Gasteiger partial charge in [0.05, 0.1) is 12.5 Å². The summed E-state index contributed by atoms with van der Waals surface area (Å²) in [6.45, 7) is 9.88. The second-order valence-corrected chi connectivity index (χ2v) is 16.7. The van der Waals surface area contributed by atoms with Crippen LogP contribution >= 0.6 is 0 Å². The van der Waals surface area contributed by atoms with Crippen molar-refractivity contribution in [1.29, 1.82) is 0 Å². The lowest BCUT2D eigenvalue weighted by atomic mass is 9.93. The van der Waals surface area contributed by atoms with Crippen LogP contribution in [0.25, 0.3) is 0 Å². The normalized spacial score (nSPS) is 12.8. The number of unbranched alkanes of at least 4 members (excludes halogenated alkanes) is 32. The van der Waals surface area contributed by atoms with Crippen molar-refractivity contribution in [1.82, 2.24) is 0 Å². The van der Waals surface area contributed by atoms with Crippen molar-refractivity contribution in [2.75, 3.05) is 6.61 Å². The first kappa shape index (κ1) is 49.5. The zero-order valence-corrected chi connectivity index (χ0v) is 35.5. The second kappa shape index (κ2) is 42.9. The van der Waals surface area contributed by atoms with Gasteiger partial charge in [-0.25, -0.2) is 0 Å². The highest BCUT2D eigenvalue weighted by atomic mass is 16.5. The highest BCUT2D eigenvalue weighted by Crippen LogP contribution is 2.24. The van der Waals surface area contributed by atoms with E-state index < -0.39 is 0 Å². The lowest BCUT2D eigenvalue weighted by Gasteiger charge is -2.21. The first-order chi connectivity index (χ1) is 24.7.